The van der Waals surface area contributed by atoms with E-state index >= 15 is 0 Å². The van der Waals surface area contributed by atoms with E-state index in [0.717, 1.165) is 41.9 Å². The second-order valence-corrected chi connectivity index (χ2v) is 12.8. The molecule has 1 aromatic heterocycles. The van der Waals surface area contributed by atoms with Crippen LogP contribution >= 0.6 is 11.3 Å². The Morgan fingerprint density at radius 1 is 0.974 bits per heavy atom. The number of sulfonamides is 1. The monoisotopic (exact) mass is 568 g/mol. The van der Waals surface area contributed by atoms with Gasteiger partial charge in [0.1, 0.15) is 0 Å². The SMILES string of the molecule is CC(=O)Nc1ccc(S(=O)(=O)N(CCN2CCCC2)CC(=O)N(Cc2ccccc2)Cc2sccc2C)cc1. The molecule has 0 spiro atoms. The summed E-state index contributed by atoms with van der Waals surface area (Å²) in [4.78, 5) is 30.3. The molecule has 0 radical (unpaired) electrons. The zero-order chi connectivity index (χ0) is 27.8. The van der Waals surface area contributed by atoms with Crippen LogP contribution in [0.2, 0.25) is 0 Å². The zero-order valence-corrected chi connectivity index (χ0v) is 24.1. The molecule has 10 heteroatoms. The van der Waals surface area contributed by atoms with Crippen molar-refractivity contribution in [1.29, 1.82) is 0 Å². The summed E-state index contributed by atoms with van der Waals surface area (Å²) in [5, 5.41) is 4.66. The van der Waals surface area contributed by atoms with E-state index < -0.39 is 10.0 Å². The molecule has 1 aliphatic heterocycles. The quantitative estimate of drug-likeness (QED) is 0.351. The number of carbonyl (C=O) groups is 2. The normalized spacial score (nSPS) is 14.0. The number of amides is 2. The summed E-state index contributed by atoms with van der Waals surface area (Å²) in [6.07, 6.45) is 2.20. The lowest BCUT2D eigenvalue weighted by Gasteiger charge is -2.28. The van der Waals surface area contributed by atoms with Crippen LogP contribution in [-0.2, 0) is 32.7 Å². The topological polar surface area (TPSA) is 90.0 Å². The molecule has 4 rings (SSSR count). The highest BCUT2D eigenvalue weighted by molar-refractivity contribution is 7.89. The standard InChI is InChI=1S/C29H36N4O4S2/c1-23-14-19-38-28(23)21-32(20-25-8-4-3-5-9-25)29(35)22-33(18-17-31-15-6-7-16-31)39(36,37)27-12-10-26(11-13-27)30-24(2)34/h3-5,8-14,19H,6-7,15-18,20-22H2,1-2H3,(H,30,34). The van der Waals surface area contributed by atoms with Crippen molar-refractivity contribution in [2.24, 2.45) is 0 Å². The Balaban J connectivity index is 1.58. The number of benzene rings is 2. The first-order chi connectivity index (χ1) is 18.7. The number of hydrogen-bond donors (Lipinski definition) is 1. The smallest absolute Gasteiger partial charge is 0.243 e. The molecule has 0 bridgehead atoms. The van der Waals surface area contributed by atoms with E-state index in [-0.39, 0.29) is 29.8 Å². The van der Waals surface area contributed by atoms with Crippen molar-refractivity contribution in [3.63, 3.8) is 0 Å². The minimum Gasteiger partial charge on any atom is -0.332 e. The third-order valence-corrected chi connectivity index (χ3v) is 9.73. The summed E-state index contributed by atoms with van der Waals surface area (Å²) in [6, 6.07) is 17.9. The molecule has 8 nitrogen and oxygen atoms in total. The Morgan fingerprint density at radius 2 is 1.67 bits per heavy atom. The molecule has 208 valence electrons. The van der Waals surface area contributed by atoms with Gasteiger partial charge in [-0.25, -0.2) is 8.42 Å². The van der Waals surface area contributed by atoms with E-state index in [1.165, 1.54) is 23.4 Å². The average Bonchev–Trinajstić information content (AvgIpc) is 3.58. The molecular formula is C29H36N4O4S2. The van der Waals surface area contributed by atoms with E-state index in [1.54, 1.807) is 28.4 Å². The molecule has 2 aromatic carbocycles. The van der Waals surface area contributed by atoms with Gasteiger partial charge in [0.25, 0.3) is 0 Å². The van der Waals surface area contributed by atoms with Crippen molar-refractivity contribution in [3.05, 3.63) is 82.0 Å². The Hall–Kier alpha value is -3.05. The van der Waals surface area contributed by atoms with E-state index in [2.05, 4.69) is 10.2 Å². The number of nitrogens with one attached hydrogen (secondary N) is 1. The first-order valence-corrected chi connectivity index (χ1v) is 15.5. The first kappa shape index (κ1) is 28.9. The molecule has 0 saturated carbocycles. The molecule has 1 saturated heterocycles. The number of thiophene rings is 1. The summed E-state index contributed by atoms with van der Waals surface area (Å²) in [7, 11) is -3.96. The van der Waals surface area contributed by atoms with Gasteiger partial charge in [-0.3, -0.25) is 9.59 Å². The fourth-order valence-corrected chi connectivity index (χ4v) is 6.93. The summed E-state index contributed by atoms with van der Waals surface area (Å²) in [6.45, 7) is 6.64. The number of nitrogens with zero attached hydrogens (tertiary/aromatic N) is 3. The molecule has 2 heterocycles. The second kappa shape index (κ2) is 13.3. The van der Waals surface area contributed by atoms with Gasteiger partial charge in [0.05, 0.1) is 18.0 Å². The minimum absolute atomic E-state index is 0.0922. The Bertz CT molecular complexity index is 1350. The van der Waals surface area contributed by atoms with E-state index in [4.69, 9.17) is 0 Å². The maximum absolute atomic E-state index is 13.8. The van der Waals surface area contributed by atoms with Crippen LogP contribution in [-0.4, -0.2) is 67.1 Å². The Labute approximate surface area is 235 Å². The summed E-state index contributed by atoms with van der Waals surface area (Å²) in [5.74, 6) is -0.477. The van der Waals surface area contributed by atoms with Crippen LogP contribution in [0.3, 0.4) is 0 Å². The molecule has 2 amide bonds. The third kappa shape index (κ3) is 7.98. The maximum Gasteiger partial charge on any atom is 0.243 e. The van der Waals surface area contributed by atoms with Crippen LogP contribution in [0, 0.1) is 6.92 Å². The number of aryl methyl sites for hydroxylation is 1. The van der Waals surface area contributed by atoms with Crippen LogP contribution in [0.15, 0.2) is 70.9 Å². The van der Waals surface area contributed by atoms with Gasteiger partial charge in [0.15, 0.2) is 0 Å². The van der Waals surface area contributed by atoms with Gasteiger partial charge in [-0.05, 0) is 79.7 Å². The van der Waals surface area contributed by atoms with Gasteiger partial charge in [-0.2, -0.15) is 4.31 Å². The van der Waals surface area contributed by atoms with Gasteiger partial charge < -0.3 is 15.1 Å². The van der Waals surface area contributed by atoms with Crippen LogP contribution < -0.4 is 5.32 Å². The summed E-state index contributed by atoms with van der Waals surface area (Å²) < 4.78 is 28.9. The van der Waals surface area contributed by atoms with Crippen molar-refractivity contribution >= 4 is 38.9 Å². The molecule has 0 unspecified atom stereocenters. The zero-order valence-electron chi connectivity index (χ0n) is 22.5. The number of hydrogen-bond acceptors (Lipinski definition) is 6. The fraction of sp³-hybridized carbons (Fsp3) is 0.379. The largest absolute Gasteiger partial charge is 0.332 e. The van der Waals surface area contributed by atoms with Crippen molar-refractivity contribution in [1.82, 2.24) is 14.1 Å². The summed E-state index contributed by atoms with van der Waals surface area (Å²) in [5.41, 5.74) is 2.62. The molecule has 1 N–H and O–H groups in total. The Kier molecular flexibility index (Phi) is 9.90. The fourth-order valence-electron chi connectivity index (χ4n) is 4.63. The highest BCUT2D eigenvalue weighted by atomic mass is 32.2. The van der Waals surface area contributed by atoms with Gasteiger partial charge >= 0.3 is 0 Å². The predicted octanol–water partition coefficient (Wildman–Crippen LogP) is 4.33. The van der Waals surface area contributed by atoms with E-state index in [0.29, 0.717) is 25.3 Å². The number of carbonyl (C=O) groups excluding carboxylic acids is 2. The van der Waals surface area contributed by atoms with E-state index in [9.17, 15) is 18.0 Å². The summed E-state index contributed by atoms with van der Waals surface area (Å²) >= 11 is 1.60. The van der Waals surface area contributed by atoms with Gasteiger partial charge in [-0.1, -0.05) is 30.3 Å². The number of anilines is 1. The Morgan fingerprint density at radius 3 is 2.28 bits per heavy atom. The van der Waals surface area contributed by atoms with Crippen LogP contribution in [0.5, 0.6) is 0 Å². The van der Waals surface area contributed by atoms with Crippen molar-refractivity contribution in [3.8, 4) is 0 Å². The van der Waals surface area contributed by atoms with Crippen LogP contribution in [0.25, 0.3) is 0 Å². The van der Waals surface area contributed by atoms with Crippen LogP contribution in [0.4, 0.5) is 5.69 Å². The number of rotatable bonds is 12. The lowest BCUT2D eigenvalue weighted by Crippen LogP contribution is -2.45. The number of likely N-dealkylation sites (tertiary alicyclic amines) is 1. The molecular weight excluding hydrogens is 532 g/mol. The molecule has 1 fully saturated rings. The van der Waals surface area contributed by atoms with Gasteiger partial charge in [-0.15, -0.1) is 11.3 Å². The lowest BCUT2D eigenvalue weighted by molar-refractivity contribution is -0.132. The predicted molar refractivity (Wildman–Crippen MR) is 155 cm³/mol. The average molecular weight is 569 g/mol. The van der Waals surface area contributed by atoms with Crippen molar-refractivity contribution in [2.45, 2.75) is 44.7 Å². The second-order valence-electron chi connectivity index (χ2n) is 9.86. The van der Waals surface area contributed by atoms with Crippen LogP contribution in [0.1, 0.15) is 35.8 Å². The molecule has 0 aliphatic carbocycles. The lowest BCUT2D eigenvalue weighted by atomic mass is 10.2. The third-order valence-electron chi connectivity index (χ3n) is 6.86. The molecule has 0 atom stereocenters. The maximum atomic E-state index is 13.8. The van der Waals surface area contributed by atoms with Crippen molar-refractivity contribution in [2.75, 3.05) is 38.0 Å². The molecule has 3 aromatic rings. The van der Waals surface area contributed by atoms with Crippen molar-refractivity contribution < 1.29 is 18.0 Å². The van der Waals surface area contributed by atoms with E-state index in [1.807, 2.05) is 48.7 Å². The molecule has 1 aliphatic rings. The molecule has 39 heavy (non-hydrogen) atoms. The highest BCUT2D eigenvalue weighted by Crippen LogP contribution is 2.22. The minimum atomic E-state index is -3.96. The first-order valence-electron chi connectivity index (χ1n) is 13.2. The van der Waals surface area contributed by atoms with Gasteiger partial charge in [0, 0.05) is 37.1 Å². The highest BCUT2D eigenvalue weighted by Gasteiger charge is 2.30. The van der Waals surface area contributed by atoms with Gasteiger partial charge in [0.2, 0.25) is 21.8 Å².